The summed E-state index contributed by atoms with van der Waals surface area (Å²) in [6, 6.07) is 3.14. The fourth-order valence-corrected chi connectivity index (χ4v) is 1.44. The van der Waals surface area contributed by atoms with Crippen LogP contribution in [0, 0.1) is 17.0 Å². The number of ether oxygens (including phenoxy) is 1. The van der Waals surface area contributed by atoms with E-state index in [-0.39, 0.29) is 23.3 Å². The van der Waals surface area contributed by atoms with Crippen molar-refractivity contribution < 1.29 is 9.66 Å². The Morgan fingerprint density at radius 3 is 2.79 bits per heavy atom. The quantitative estimate of drug-likeness (QED) is 0.630. The van der Waals surface area contributed by atoms with E-state index in [1.165, 1.54) is 18.5 Å². The molecule has 0 bridgehead atoms. The van der Waals surface area contributed by atoms with Gasteiger partial charge in [-0.1, -0.05) is 11.6 Å². The molecule has 2 aromatic rings. The van der Waals surface area contributed by atoms with Crippen LogP contribution in [0.1, 0.15) is 11.4 Å². The summed E-state index contributed by atoms with van der Waals surface area (Å²) >= 11 is 5.60. The number of hydrogen-bond acceptors (Lipinski definition) is 6. The third kappa shape index (κ3) is 3.35. The molecule has 0 atom stereocenters. The van der Waals surface area contributed by atoms with E-state index in [0.717, 1.165) is 0 Å². The Morgan fingerprint density at radius 1 is 1.37 bits per heavy atom. The summed E-state index contributed by atoms with van der Waals surface area (Å²) in [7, 11) is 0. The number of halogens is 1. The van der Waals surface area contributed by atoms with E-state index < -0.39 is 4.92 Å². The summed E-state index contributed by atoms with van der Waals surface area (Å²) in [6.07, 6.45) is 2.82. The summed E-state index contributed by atoms with van der Waals surface area (Å²) in [4.78, 5) is 21.9. The Bertz CT molecular complexity index is 603. The Balaban J connectivity index is 2.15. The second-order valence-electron chi connectivity index (χ2n) is 3.65. The fourth-order valence-electron chi connectivity index (χ4n) is 1.34. The van der Waals surface area contributed by atoms with Gasteiger partial charge >= 0.3 is 5.82 Å². The molecule has 0 fully saturated rings. The van der Waals surface area contributed by atoms with E-state index in [2.05, 4.69) is 15.0 Å². The zero-order valence-corrected chi connectivity index (χ0v) is 10.7. The second-order valence-corrected chi connectivity index (χ2v) is 4.04. The molecule has 2 aromatic heterocycles. The van der Waals surface area contributed by atoms with Crippen molar-refractivity contribution in [3.05, 3.63) is 51.2 Å². The maximum atomic E-state index is 10.8. The molecule has 0 radical (unpaired) electrons. The molecule has 7 nitrogen and oxygen atoms in total. The number of rotatable bonds is 4. The van der Waals surface area contributed by atoms with Crippen LogP contribution in [-0.4, -0.2) is 19.9 Å². The highest BCUT2D eigenvalue weighted by molar-refractivity contribution is 6.29. The molecule has 2 heterocycles. The molecule has 0 aliphatic heterocycles. The summed E-state index contributed by atoms with van der Waals surface area (Å²) in [5.41, 5.74) is 1.06. The number of pyridine rings is 1. The van der Waals surface area contributed by atoms with Crippen LogP contribution in [0.2, 0.25) is 5.15 Å². The van der Waals surface area contributed by atoms with Gasteiger partial charge < -0.3 is 14.9 Å². The van der Waals surface area contributed by atoms with Gasteiger partial charge in [0.15, 0.2) is 0 Å². The third-order valence-electron chi connectivity index (χ3n) is 2.20. The lowest BCUT2D eigenvalue weighted by Crippen LogP contribution is -2.03. The largest absolute Gasteiger partial charge is 0.479 e. The molecule has 98 valence electrons. The minimum atomic E-state index is -0.587. The number of nitrogens with zero attached hydrogens (tertiary/aromatic N) is 4. The molecule has 0 amide bonds. The minimum absolute atomic E-state index is 0.0513. The molecule has 0 aliphatic rings. The van der Waals surface area contributed by atoms with Crippen molar-refractivity contribution in [1.29, 1.82) is 0 Å². The van der Waals surface area contributed by atoms with Crippen LogP contribution in [0.15, 0.2) is 24.5 Å². The first-order valence-electron chi connectivity index (χ1n) is 5.27. The van der Waals surface area contributed by atoms with Gasteiger partial charge in [-0.3, -0.25) is 4.98 Å². The van der Waals surface area contributed by atoms with Gasteiger partial charge in [0.2, 0.25) is 5.75 Å². The zero-order chi connectivity index (χ0) is 13.8. The van der Waals surface area contributed by atoms with Crippen molar-refractivity contribution in [3.63, 3.8) is 0 Å². The lowest BCUT2D eigenvalue weighted by Gasteiger charge is -2.05. The maximum absolute atomic E-state index is 10.8. The van der Waals surface area contributed by atoms with Crippen molar-refractivity contribution in [3.8, 4) is 5.75 Å². The molecule has 0 saturated carbocycles. The van der Waals surface area contributed by atoms with Gasteiger partial charge in [-0.15, -0.1) is 0 Å². The first kappa shape index (κ1) is 13.2. The van der Waals surface area contributed by atoms with Gasteiger partial charge in [-0.2, -0.15) is 0 Å². The van der Waals surface area contributed by atoms with Gasteiger partial charge in [0.25, 0.3) is 0 Å². The van der Waals surface area contributed by atoms with Crippen LogP contribution >= 0.6 is 11.6 Å². The minimum Gasteiger partial charge on any atom is -0.479 e. The standard InChI is InChI=1S/C11H9ClN4O3/c1-7-2-3-9(11(15-7)16(17)18)19-6-8-4-14-10(12)5-13-8/h2-5H,6H2,1H3. The predicted octanol–water partition coefficient (Wildman–Crippen LogP) is 2.32. The highest BCUT2D eigenvalue weighted by Crippen LogP contribution is 2.25. The Labute approximate surface area is 113 Å². The molecule has 19 heavy (non-hydrogen) atoms. The average molecular weight is 281 g/mol. The first-order valence-corrected chi connectivity index (χ1v) is 5.65. The number of aryl methyl sites for hydroxylation is 1. The Kier molecular flexibility index (Phi) is 3.86. The molecule has 2 rings (SSSR count). The predicted molar refractivity (Wildman–Crippen MR) is 67.0 cm³/mol. The molecular formula is C11H9ClN4O3. The smallest absolute Gasteiger partial charge is 0.406 e. The first-order chi connectivity index (χ1) is 9.06. The highest BCUT2D eigenvalue weighted by atomic mass is 35.5. The van der Waals surface area contributed by atoms with E-state index in [1.807, 2.05) is 0 Å². The van der Waals surface area contributed by atoms with Crippen molar-refractivity contribution >= 4 is 17.4 Å². The van der Waals surface area contributed by atoms with Crippen molar-refractivity contribution in [2.75, 3.05) is 0 Å². The van der Waals surface area contributed by atoms with Crippen molar-refractivity contribution in [2.45, 2.75) is 13.5 Å². The monoisotopic (exact) mass is 280 g/mol. The van der Waals surface area contributed by atoms with Crippen LogP contribution in [-0.2, 0) is 6.61 Å². The fraction of sp³-hybridized carbons (Fsp3) is 0.182. The molecule has 0 aromatic carbocycles. The van der Waals surface area contributed by atoms with Gasteiger partial charge in [-0.25, -0.2) is 4.98 Å². The van der Waals surface area contributed by atoms with E-state index in [9.17, 15) is 10.1 Å². The Morgan fingerprint density at radius 2 is 2.16 bits per heavy atom. The molecule has 8 heteroatoms. The number of nitro groups is 1. The third-order valence-corrected chi connectivity index (χ3v) is 2.40. The molecule has 0 N–H and O–H groups in total. The van der Waals surface area contributed by atoms with Crippen LogP contribution < -0.4 is 4.74 Å². The summed E-state index contributed by atoms with van der Waals surface area (Å²) in [5, 5.41) is 11.1. The normalized spacial score (nSPS) is 10.2. The lowest BCUT2D eigenvalue weighted by atomic mass is 10.3. The summed E-state index contributed by atoms with van der Waals surface area (Å²) < 4.78 is 5.33. The van der Waals surface area contributed by atoms with Crippen molar-refractivity contribution in [1.82, 2.24) is 15.0 Å². The molecule has 0 unspecified atom stereocenters. The molecular weight excluding hydrogens is 272 g/mol. The molecule has 0 spiro atoms. The number of hydrogen-bond donors (Lipinski definition) is 0. The molecule has 0 aliphatic carbocycles. The van der Waals surface area contributed by atoms with Gasteiger partial charge in [0.05, 0.1) is 18.1 Å². The highest BCUT2D eigenvalue weighted by Gasteiger charge is 2.17. The summed E-state index contributed by atoms with van der Waals surface area (Å²) in [6.45, 7) is 1.72. The van der Waals surface area contributed by atoms with Crippen LogP contribution in [0.4, 0.5) is 5.82 Å². The van der Waals surface area contributed by atoms with E-state index >= 15 is 0 Å². The topological polar surface area (TPSA) is 91.0 Å². The average Bonchev–Trinajstić information content (AvgIpc) is 2.39. The maximum Gasteiger partial charge on any atom is 0.406 e. The van der Waals surface area contributed by atoms with E-state index in [0.29, 0.717) is 11.4 Å². The lowest BCUT2D eigenvalue weighted by molar-refractivity contribution is -0.390. The Hall–Kier alpha value is -2.28. The van der Waals surface area contributed by atoms with E-state index in [4.69, 9.17) is 16.3 Å². The van der Waals surface area contributed by atoms with Crippen LogP contribution in [0.3, 0.4) is 0 Å². The van der Waals surface area contributed by atoms with Gasteiger partial charge in [-0.05, 0) is 22.0 Å². The SMILES string of the molecule is Cc1ccc(OCc2cnc(Cl)cn2)c([N+](=O)[O-])n1. The summed E-state index contributed by atoms with van der Waals surface area (Å²) in [5.74, 6) is -0.228. The van der Waals surface area contributed by atoms with E-state index in [1.54, 1.807) is 13.0 Å². The molecule has 0 saturated heterocycles. The number of aromatic nitrogens is 3. The van der Waals surface area contributed by atoms with Gasteiger partial charge in [0, 0.05) is 6.92 Å². The zero-order valence-electron chi connectivity index (χ0n) is 9.91. The van der Waals surface area contributed by atoms with Crippen molar-refractivity contribution in [2.24, 2.45) is 0 Å². The van der Waals surface area contributed by atoms with Gasteiger partial charge in [0.1, 0.15) is 17.5 Å². The second kappa shape index (κ2) is 5.57. The van der Waals surface area contributed by atoms with Crippen LogP contribution in [0.5, 0.6) is 5.75 Å². The van der Waals surface area contributed by atoms with Crippen LogP contribution in [0.25, 0.3) is 0 Å².